The third kappa shape index (κ3) is 5.88. The minimum atomic E-state index is -4.41. The van der Waals surface area contributed by atoms with Crippen LogP contribution in [0.15, 0.2) is 52.9 Å². The first-order valence-corrected chi connectivity index (χ1v) is 12.3. The Bertz CT molecular complexity index is 1240. The molecule has 170 valence electrons. The van der Waals surface area contributed by atoms with Crippen LogP contribution in [0.25, 0.3) is 6.08 Å². The van der Waals surface area contributed by atoms with Crippen molar-refractivity contribution in [3.8, 4) is 0 Å². The highest BCUT2D eigenvalue weighted by Crippen LogP contribution is 2.33. The van der Waals surface area contributed by atoms with Crippen molar-refractivity contribution in [2.45, 2.75) is 12.6 Å². The molecule has 2 aromatic heterocycles. The zero-order valence-electron chi connectivity index (χ0n) is 16.6. The first-order valence-electron chi connectivity index (χ1n) is 9.38. The average Bonchev–Trinajstić information content (AvgIpc) is 3.47. The van der Waals surface area contributed by atoms with Crippen molar-refractivity contribution in [3.63, 3.8) is 0 Å². The molecular formula is C21H14F3N3O2S4. The molecule has 0 radical (unpaired) electrons. The van der Waals surface area contributed by atoms with E-state index in [1.165, 1.54) is 28.5 Å². The minimum Gasteiger partial charge on any atom is -0.300 e. The molecule has 1 N–H and O–H groups in total. The van der Waals surface area contributed by atoms with Gasteiger partial charge in [-0.2, -0.15) is 13.2 Å². The van der Waals surface area contributed by atoms with Gasteiger partial charge in [-0.1, -0.05) is 48.2 Å². The molecule has 12 heteroatoms. The van der Waals surface area contributed by atoms with Gasteiger partial charge in [0.25, 0.3) is 5.91 Å². The molecule has 1 aliphatic heterocycles. The van der Waals surface area contributed by atoms with Crippen LogP contribution in [0.5, 0.6) is 0 Å². The van der Waals surface area contributed by atoms with Gasteiger partial charge in [-0.05, 0) is 29.2 Å². The van der Waals surface area contributed by atoms with E-state index in [0.717, 1.165) is 40.1 Å². The third-order valence-corrected chi connectivity index (χ3v) is 7.53. The van der Waals surface area contributed by atoms with E-state index in [1.807, 2.05) is 17.5 Å². The summed E-state index contributed by atoms with van der Waals surface area (Å²) in [6.07, 6.45) is -0.917. The summed E-state index contributed by atoms with van der Waals surface area (Å²) in [6, 6.07) is 8.83. The Morgan fingerprint density at radius 3 is 2.79 bits per heavy atom. The van der Waals surface area contributed by atoms with Crippen LogP contribution in [0, 0.1) is 0 Å². The van der Waals surface area contributed by atoms with Crippen LogP contribution in [0.2, 0.25) is 0 Å². The minimum absolute atomic E-state index is 0.250. The van der Waals surface area contributed by atoms with Crippen LogP contribution < -0.4 is 5.32 Å². The second-order valence-corrected chi connectivity index (χ2v) is 10.6. The summed E-state index contributed by atoms with van der Waals surface area (Å²) in [5.74, 6) is -0.804. The second kappa shape index (κ2) is 9.75. The maximum atomic E-state index is 12.9. The molecule has 0 atom stereocenters. The van der Waals surface area contributed by atoms with E-state index in [9.17, 15) is 22.8 Å². The fourth-order valence-corrected chi connectivity index (χ4v) is 5.79. The molecule has 5 nitrogen and oxygen atoms in total. The summed E-state index contributed by atoms with van der Waals surface area (Å²) in [5, 5.41) is 4.81. The largest absolute Gasteiger partial charge is 0.416 e. The van der Waals surface area contributed by atoms with Crippen LogP contribution >= 0.6 is 46.7 Å². The van der Waals surface area contributed by atoms with Gasteiger partial charge in [-0.3, -0.25) is 14.5 Å². The van der Waals surface area contributed by atoms with Gasteiger partial charge in [0, 0.05) is 22.4 Å². The maximum absolute atomic E-state index is 12.9. The average molecular weight is 526 g/mol. The molecule has 3 heterocycles. The number of aromatic nitrogens is 1. The number of carbonyl (C=O) groups excluding carboxylic acids is 2. The number of anilines is 1. The Morgan fingerprint density at radius 1 is 1.24 bits per heavy atom. The van der Waals surface area contributed by atoms with Gasteiger partial charge in [0.15, 0.2) is 5.13 Å². The Morgan fingerprint density at radius 2 is 2.06 bits per heavy atom. The Labute approximate surface area is 204 Å². The fourth-order valence-electron chi connectivity index (χ4n) is 2.95. The number of halogens is 3. The van der Waals surface area contributed by atoms with Crippen molar-refractivity contribution in [2.24, 2.45) is 0 Å². The monoisotopic (exact) mass is 525 g/mol. The maximum Gasteiger partial charge on any atom is 0.416 e. The number of amides is 2. The van der Waals surface area contributed by atoms with Gasteiger partial charge in [-0.25, -0.2) is 4.98 Å². The van der Waals surface area contributed by atoms with Crippen LogP contribution in [-0.4, -0.2) is 32.6 Å². The highest BCUT2D eigenvalue weighted by Gasteiger charge is 2.33. The van der Waals surface area contributed by atoms with Crippen molar-refractivity contribution in [3.05, 3.63) is 73.8 Å². The molecule has 33 heavy (non-hydrogen) atoms. The lowest BCUT2D eigenvalue weighted by Gasteiger charge is -2.13. The number of thiazole rings is 1. The highest BCUT2D eigenvalue weighted by atomic mass is 32.2. The van der Waals surface area contributed by atoms with E-state index >= 15 is 0 Å². The fraction of sp³-hybridized carbons (Fsp3) is 0.143. The van der Waals surface area contributed by atoms with Crippen molar-refractivity contribution in [2.75, 3.05) is 11.9 Å². The lowest BCUT2D eigenvalue weighted by atomic mass is 10.1. The molecule has 0 bridgehead atoms. The Balaban J connectivity index is 1.36. The lowest BCUT2D eigenvalue weighted by molar-refractivity contribution is -0.137. The van der Waals surface area contributed by atoms with Gasteiger partial charge >= 0.3 is 6.18 Å². The molecule has 0 saturated carbocycles. The molecule has 0 unspecified atom stereocenters. The summed E-state index contributed by atoms with van der Waals surface area (Å²) >= 11 is 9.03. The molecule has 0 spiro atoms. The van der Waals surface area contributed by atoms with E-state index in [4.69, 9.17) is 12.2 Å². The summed E-state index contributed by atoms with van der Waals surface area (Å²) in [6.45, 7) is -0.255. The molecule has 0 aliphatic carbocycles. The van der Waals surface area contributed by atoms with Gasteiger partial charge in [0.1, 0.15) is 10.9 Å². The summed E-state index contributed by atoms with van der Waals surface area (Å²) < 4.78 is 39.0. The van der Waals surface area contributed by atoms with Gasteiger partial charge in [-0.15, -0.1) is 22.7 Å². The van der Waals surface area contributed by atoms with Gasteiger partial charge < -0.3 is 5.32 Å². The summed E-state index contributed by atoms with van der Waals surface area (Å²) in [5.41, 5.74) is -0.226. The predicted molar refractivity (Wildman–Crippen MR) is 129 cm³/mol. The molecule has 1 saturated heterocycles. The highest BCUT2D eigenvalue weighted by molar-refractivity contribution is 8.26. The zero-order chi connectivity index (χ0) is 23.6. The lowest BCUT2D eigenvalue weighted by Crippen LogP contribution is -2.36. The van der Waals surface area contributed by atoms with E-state index < -0.39 is 17.6 Å². The number of nitrogens with zero attached hydrogens (tertiary/aromatic N) is 2. The van der Waals surface area contributed by atoms with Gasteiger partial charge in [0.2, 0.25) is 5.91 Å². The Kier molecular flexibility index (Phi) is 6.98. The number of thiocarbonyl (C=S) groups is 1. The number of rotatable bonds is 6. The standard InChI is InChI=1S/C21H14F3N3O2S4/c22-21(23,24)13-4-1-3-12(7-13)8-15-10-25-19(32-15)26-17(28)11-27-18(29)16(33-20(27)30)9-14-5-2-6-31-14/h1-7,9-10H,8,11H2,(H,25,26,28). The smallest absolute Gasteiger partial charge is 0.300 e. The predicted octanol–water partition coefficient (Wildman–Crippen LogP) is 5.65. The zero-order valence-corrected chi connectivity index (χ0v) is 19.9. The Hall–Kier alpha value is -2.54. The van der Waals surface area contributed by atoms with E-state index in [0.29, 0.717) is 24.8 Å². The third-order valence-electron chi connectivity index (χ3n) is 4.42. The van der Waals surface area contributed by atoms with Crippen molar-refractivity contribution >= 4 is 74.0 Å². The SMILES string of the molecule is O=C(CN1C(=O)C(=Cc2cccs2)SC1=S)Nc1ncc(Cc2cccc(C(F)(F)F)c2)s1. The molecule has 1 fully saturated rings. The van der Waals surface area contributed by atoms with E-state index in [1.54, 1.807) is 12.1 Å². The molecule has 1 aromatic carbocycles. The van der Waals surface area contributed by atoms with Crippen LogP contribution in [-0.2, 0) is 22.2 Å². The molecule has 1 aliphatic rings. The number of alkyl halides is 3. The first kappa shape index (κ1) is 23.6. The summed E-state index contributed by atoms with van der Waals surface area (Å²) in [7, 11) is 0. The van der Waals surface area contributed by atoms with E-state index in [2.05, 4.69) is 10.3 Å². The second-order valence-electron chi connectivity index (χ2n) is 6.84. The van der Waals surface area contributed by atoms with Crippen LogP contribution in [0.1, 0.15) is 20.9 Å². The van der Waals surface area contributed by atoms with E-state index in [-0.39, 0.29) is 18.9 Å². The number of benzene rings is 1. The number of thioether (sulfide) groups is 1. The quantitative estimate of drug-likeness (QED) is 0.333. The number of hydrogen-bond acceptors (Lipinski definition) is 7. The number of hydrogen-bond donors (Lipinski definition) is 1. The van der Waals surface area contributed by atoms with Crippen molar-refractivity contribution in [1.29, 1.82) is 0 Å². The molecule has 3 aromatic rings. The number of carbonyl (C=O) groups is 2. The topological polar surface area (TPSA) is 62.3 Å². The van der Waals surface area contributed by atoms with Crippen molar-refractivity contribution < 1.29 is 22.8 Å². The number of thiophene rings is 1. The number of nitrogens with one attached hydrogen (secondary N) is 1. The summed E-state index contributed by atoms with van der Waals surface area (Å²) in [4.78, 5) is 32.5. The van der Waals surface area contributed by atoms with Crippen LogP contribution in [0.3, 0.4) is 0 Å². The van der Waals surface area contributed by atoms with Gasteiger partial charge in [0.05, 0.1) is 10.5 Å². The molecule has 2 amide bonds. The first-order chi connectivity index (χ1) is 15.7. The molecule has 4 rings (SSSR count). The normalized spacial score (nSPS) is 15.5. The van der Waals surface area contributed by atoms with Crippen LogP contribution in [0.4, 0.5) is 18.3 Å². The molecular weight excluding hydrogens is 512 g/mol. The van der Waals surface area contributed by atoms with Crippen molar-refractivity contribution in [1.82, 2.24) is 9.88 Å².